The SMILES string of the molecule is Cc1ccc(C(=O)C(C)C)cc1.[CH2-]CC.[CH2-]CC.[U+2]. The Hall–Kier alpha value is -0.0581. The molecule has 0 aliphatic heterocycles. The molecule has 0 atom stereocenters. The van der Waals surface area contributed by atoms with Gasteiger partial charge < -0.3 is 13.8 Å². The molecule has 1 aromatic rings. The van der Waals surface area contributed by atoms with Gasteiger partial charge in [0.1, 0.15) is 0 Å². The minimum Gasteiger partial charge on any atom is -0.344 e. The van der Waals surface area contributed by atoms with Crippen LogP contribution in [-0.2, 0) is 0 Å². The fourth-order valence-corrected chi connectivity index (χ4v) is 1.05. The van der Waals surface area contributed by atoms with Gasteiger partial charge >= 0.3 is 31.1 Å². The van der Waals surface area contributed by atoms with Crippen molar-refractivity contribution in [1.29, 1.82) is 0 Å². The Kier molecular flexibility index (Phi) is 20.2. The maximum atomic E-state index is 11.5. The Balaban J connectivity index is -0.000000314. The van der Waals surface area contributed by atoms with E-state index in [1.807, 2.05) is 58.9 Å². The normalized spacial score (nSPS) is 8.42. The maximum absolute atomic E-state index is 11.5. The molecule has 0 amide bonds. The molecule has 19 heavy (non-hydrogen) atoms. The van der Waals surface area contributed by atoms with Gasteiger partial charge in [0.2, 0.25) is 0 Å². The summed E-state index contributed by atoms with van der Waals surface area (Å²) in [6.45, 7) is 16.9. The van der Waals surface area contributed by atoms with Crippen molar-refractivity contribution < 1.29 is 35.9 Å². The third-order valence-electron chi connectivity index (χ3n) is 1.86. The molecule has 2 heteroatoms. The molecule has 0 N–H and O–H groups in total. The van der Waals surface area contributed by atoms with E-state index >= 15 is 0 Å². The average molecular weight is 486 g/mol. The number of hydrogen-bond donors (Lipinski definition) is 0. The van der Waals surface area contributed by atoms with Crippen LogP contribution >= 0.6 is 0 Å². The molecule has 1 aromatic carbocycles. The van der Waals surface area contributed by atoms with Crippen LogP contribution in [0.4, 0.5) is 0 Å². The van der Waals surface area contributed by atoms with Gasteiger partial charge in [0.05, 0.1) is 0 Å². The van der Waals surface area contributed by atoms with Crippen LogP contribution in [0.5, 0.6) is 0 Å². The van der Waals surface area contributed by atoms with E-state index in [-0.39, 0.29) is 42.8 Å². The minimum atomic E-state index is 0. The van der Waals surface area contributed by atoms with Crippen molar-refractivity contribution in [3.63, 3.8) is 0 Å². The van der Waals surface area contributed by atoms with Gasteiger partial charge in [0.15, 0.2) is 5.78 Å². The van der Waals surface area contributed by atoms with Gasteiger partial charge in [-0.2, -0.15) is 12.8 Å². The number of ketones is 1. The topological polar surface area (TPSA) is 17.1 Å². The van der Waals surface area contributed by atoms with E-state index in [1.54, 1.807) is 0 Å². The summed E-state index contributed by atoms with van der Waals surface area (Å²) in [6, 6.07) is 7.71. The second-order valence-electron chi connectivity index (χ2n) is 4.38. The molecule has 0 unspecified atom stereocenters. The van der Waals surface area contributed by atoms with Crippen molar-refractivity contribution in [2.24, 2.45) is 5.92 Å². The molecule has 1 rings (SSSR count). The number of benzene rings is 1. The third-order valence-corrected chi connectivity index (χ3v) is 1.86. The second-order valence-corrected chi connectivity index (χ2v) is 4.38. The zero-order valence-electron chi connectivity index (χ0n) is 13.1. The first kappa shape index (κ1) is 24.0. The van der Waals surface area contributed by atoms with Crippen LogP contribution in [-0.4, -0.2) is 5.78 Å². The molecule has 0 aliphatic rings. The quantitative estimate of drug-likeness (QED) is 0.410. The summed E-state index contributed by atoms with van der Waals surface area (Å²) in [5, 5.41) is 0. The number of rotatable bonds is 2. The Morgan fingerprint density at radius 1 is 1.05 bits per heavy atom. The Labute approximate surface area is 143 Å². The van der Waals surface area contributed by atoms with Crippen LogP contribution in [0.25, 0.3) is 0 Å². The maximum Gasteiger partial charge on any atom is 2.00 e. The van der Waals surface area contributed by atoms with Gasteiger partial charge in [0.25, 0.3) is 0 Å². The van der Waals surface area contributed by atoms with Crippen molar-refractivity contribution >= 4 is 5.78 Å². The van der Waals surface area contributed by atoms with E-state index in [4.69, 9.17) is 0 Å². The molecule has 0 bridgehead atoms. The van der Waals surface area contributed by atoms with Gasteiger partial charge in [-0.3, -0.25) is 4.79 Å². The molecular weight excluding hydrogens is 458 g/mol. The van der Waals surface area contributed by atoms with E-state index in [1.165, 1.54) is 5.56 Å². The first-order valence-corrected chi connectivity index (χ1v) is 6.63. The van der Waals surface area contributed by atoms with E-state index in [2.05, 4.69) is 13.8 Å². The first-order chi connectivity index (χ1) is 8.44. The first-order valence-electron chi connectivity index (χ1n) is 6.63. The number of aryl methyl sites for hydroxylation is 1. The molecule has 0 saturated carbocycles. The van der Waals surface area contributed by atoms with E-state index < -0.39 is 0 Å². The van der Waals surface area contributed by atoms with Gasteiger partial charge in [-0.15, -0.1) is 0 Å². The molecule has 0 aliphatic carbocycles. The molecule has 1 nitrogen and oxygen atoms in total. The van der Waals surface area contributed by atoms with Crippen LogP contribution in [0.2, 0.25) is 0 Å². The van der Waals surface area contributed by atoms with E-state index in [0.29, 0.717) is 0 Å². The van der Waals surface area contributed by atoms with Crippen LogP contribution in [0.3, 0.4) is 0 Å². The third kappa shape index (κ3) is 14.2. The van der Waals surface area contributed by atoms with Crippen molar-refractivity contribution in [3.05, 3.63) is 49.2 Å². The Morgan fingerprint density at radius 3 is 1.63 bits per heavy atom. The van der Waals surface area contributed by atoms with Gasteiger partial charge in [-0.05, 0) is 6.92 Å². The molecule has 0 spiro atoms. The predicted molar refractivity (Wildman–Crippen MR) is 81.6 cm³/mol. The molecule has 0 radical (unpaired) electrons. The summed E-state index contributed by atoms with van der Waals surface area (Å²) < 4.78 is 0. The Bertz CT molecular complexity index is 300. The smallest absolute Gasteiger partial charge is 0.344 e. The van der Waals surface area contributed by atoms with Gasteiger partial charge in [-0.25, -0.2) is 0 Å². The van der Waals surface area contributed by atoms with Crippen molar-refractivity contribution in [2.45, 2.75) is 47.5 Å². The van der Waals surface area contributed by atoms with Crippen molar-refractivity contribution in [2.75, 3.05) is 0 Å². The summed E-state index contributed by atoms with van der Waals surface area (Å²) in [4.78, 5) is 11.5. The van der Waals surface area contributed by atoms with Crippen LogP contribution in [0.15, 0.2) is 24.3 Å². The number of carbonyl (C=O) groups excluding carboxylic acids is 1. The predicted octanol–water partition coefficient (Wildman–Crippen LogP) is 5.29. The minimum absolute atomic E-state index is 0. The standard InChI is InChI=1S/C11H14O.2C3H7.U/c1-8(2)11(12)10-6-4-9(3)5-7-10;2*1-3-2;/h4-8H,1-3H3;2*1,3H2,2H3;/q;2*-1;+2. The van der Waals surface area contributed by atoms with Gasteiger partial charge in [0, 0.05) is 11.5 Å². The number of Topliss-reactive ketones (excluding diaryl/α,β-unsaturated/α-hetero) is 1. The molecule has 0 fully saturated rings. The monoisotopic (exact) mass is 486 g/mol. The van der Waals surface area contributed by atoms with E-state index in [0.717, 1.165) is 18.4 Å². The number of carbonyl (C=O) groups is 1. The fraction of sp³-hybridized carbons (Fsp3) is 0.471. The van der Waals surface area contributed by atoms with Gasteiger partial charge in [-0.1, -0.05) is 57.5 Å². The summed E-state index contributed by atoms with van der Waals surface area (Å²) in [6.07, 6.45) is 2.00. The summed E-state index contributed by atoms with van der Waals surface area (Å²) in [5.41, 5.74) is 2.01. The fourth-order valence-electron chi connectivity index (χ4n) is 1.05. The number of hydrogen-bond acceptors (Lipinski definition) is 1. The van der Waals surface area contributed by atoms with Crippen molar-refractivity contribution in [3.8, 4) is 0 Å². The molecular formula is C17H28OU. The second kappa shape index (κ2) is 16.0. The summed E-state index contributed by atoms with van der Waals surface area (Å²) >= 11 is 0. The van der Waals surface area contributed by atoms with Crippen LogP contribution < -0.4 is 0 Å². The summed E-state index contributed by atoms with van der Waals surface area (Å²) in [7, 11) is 0. The van der Waals surface area contributed by atoms with Crippen LogP contribution in [0, 0.1) is 57.8 Å². The molecule has 0 heterocycles. The largest absolute Gasteiger partial charge is 2.00 e. The van der Waals surface area contributed by atoms with Crippen molar-refractivity contribution in [1.82, 2.24) is 0 Å². The average Bonchev–Trinajstić information content (AvgIpc) is 2.31. The Morgan fingerprint density at radius 2 is 1.37 bits per heavy atom. The molecule has 0 saturated heterocycles. The molecule has 0 aromatic heterocycles. The zero-order chi connectivity index (χ0) is 14.6. The van der Waals surface area contributed by atoms with Crippen LogP contribution in [0.1, 0.15) is 56.5 Å². The summed E-state index contributed by atoms with van der Waals surface area (Å²) in [5.74, 6) is 0.308. The molecule has 106 valence electrons. The zero-order valence-corrected chi connectivity index (χ0v) is 17.3. The van der Waals surface area contributed by atoms with E-state index in [9.17, 15) is 4.79 Å².